The SMILES string of the molecule is O=C(Nc1c([C@H](c2cccc(F)c2)N2CCOCC2)oc2ccccc12)c1ccccc1. The number of anilines is 1. The standard InChI is InChI=1S/C26H23FN2O3/c27-20-10-6-9-19(17-20)24(29-13-15-31-16-14-29)25-23(21-11-4-5-12-22(21)32-25)28-26(30)18-7-2-1-3-8-18/h1-12,17,24H,13-16H2,(H,28,30)/t24-/m0/s1. The predicted molar refractivity (Wildman–Crippen MR) is 121 cm³/mol. The molecule has 0 unspecified atom stereocenters. The Labute approximate surface area is 185 Å². The van der Waals surface area contributed by atoms with Crippen LogP contribution in [0.25, 0.3) is 11.0 Å². The molecule has 32 heavy (non-hydrogen) atoms. The fourth-order valence-electron chi connectivity index (χ4n) is 4.20. The quantitative estimate of drug-likeness (QED) is 0.470. The first-order valence-electron chi connectivity index (χ1n) is 10.7. The Hall–Kier alpha value is -3.48. The molecule has 1 aromatic heterocycles. The highest BCUT2D eigenvalue weighted by Gasteiger charge is 2.31. The van der Waals surface area contributed by atoms with Crippen LogP contribution in [0.15, 0.2) is 83.3 Å². The van der Waals surface area contributed by atoms with E-state index in [0.717, 1.165) is 10.9 Å². The van der Waals surface area contributed by atoms with E-state index in [0.29, 0.717) is 48.9 Å². The summed E-state index contributed by atoms with van der Waals surface area (Å²) in [5.41, 5.74) is 2.59. The van der Waals surface area contributed by atoms with E-state index in [-0.39, 0.29) is 17.8 Å². The molecule has 1 atom stereocenters. The average molecular weight is 430 g/mol. The summed E-state index contributed by atoms with van der Waals surface area (Å²) in [4.78, 5) is 15.3. The molecule has 0 spiro atoms. The van der Waals surface area contributed by atoms with Gasteiger partial charge in [-0.05, 0) is 42.0 Å². The molecule has 0 bridgehead atoms. The van der Waals surface area contributed by atoms with Crippen molar-refractivity contribution in [3.8, 4) is 0 Å². The molecular formula is C26H23FN2O3. The summed E-state index contributed by atoms with van der Waals surface area (Å²) in [7, 11) is 0. The summed E-state index contributed by atoms with van der Waals surface area (Å²) in [5.74, 6) is 0.0492. The van der Waals surface area contributed by atoms with Crippen molar-refractivity contribution in [3.63, 3.8) is 0 Å². The zero-order chi connectivity index (χ0) is 21.9. The number of rotatable bonds is 5. The summed E-state index contributed by atoms with van der Waals surface area (Å²) in [6.07, 6.45) is 0. The molecule has 6 heteroatoms. The minimum Gasteiger partial charge on any atom is -0.457 e. The number of halogens is 1. The molecule has 162 valence electrons. The lowest BCUT2D eigenvalue weighted by Crippen LogP contribution is -2.39. The van der Waals surface area contributed by atoms with E-state index in [9.17, 15) is 9.18 Å². The molecule has 4 aromatic rings. The summed E-state index contributed by atoms with van der Waals surface area (Å²) < 4.78 is 26.1. The number of carbonyl (C=O) groups is 1. The van der Waals surface area contributed by atoms with Crippen LogP contribution in [0.3, 0.4) is 0 Å². The second-order valence-electron chi connectivity index (χ2n) is 7.76. The van der Waals surface area contributed by atoms with Gasteiger partial charge in [0.05, 0.1) is 24.9 Å². The van der Waals surface area contributed by atoms with Crippen molar-refractivity contribution in [2.75, 3.05) is 31.6 Å². The van der Waals surface area contributed by atoms with E-state index >= 15 is 0 Å². The highest BCUT2D eigenvalue weighted by atomic mass is 19.1. The number of furan rings is 1. The van der Waals surface area contributed by atoms with Gasteiger partial charge >= 0.3 is 0 Å². The lowest BCUT2D eigenvalue weighted by Gasteiger charge is -2.34. The van der Waals surface area contributed by atoms with Crippen molar-refractivity contribution in [1.82, 2.24) is 4.90 Å². The molecular weight excluding hydrogens is 407 g/mol. The first-order valence-corrected chi connectivity index (χ1v) is 10.7. The summed E-state index contributed by atoms with van der Waals surface area (Å²) in [6, 6.07) is 22.8. The van der Waals surface area contributed by atoms with Crippen molar-refractivity contribution < 1.29 is 18.3 Å². The first kappa shape index (κ1) is 20.4. The van der Waals surface area contributed by atoms with Crippen molar-refractivity contribution in [1.29, 1.82) is 0 Å². The van der Waals surface area contributed by atoms with Gasteiger partial charge in [0.1, 0.15) is 17.2 Å². The first-order chi connectivity index (χ1) is 15.7. The molecule has 1 aliphatic rings. The number of morpholine rings is 1. The minimum atomic E-state index is -0.368. The van der Waals surface area contributed by atoms with Crippen LogP contribution < -0.4 is 5.32 Å². The number of hydrogen-bond donors (Lipinski definition) is 1. The van der Waals surface area contributed by atoms with Gasteiger partial charge in [-0.2, -0.15) is 0 Å². The van der Waals surface area contributed by atoms with Crippen molar-refractivity contribution in [2.45, 2.75) is 6.04 Å². The Bertz CT molecular complexity index is 1230. The van der Waals surface area contributed by atoms with Crippen LogP contribution in [0.4, 0.5) is 10.1 Å². The molecule has 2 heterocycles. The van der Waals surface area contributed by atoms with E-state index < -0.39 is 0 Å². The molecule has 1 fully saturated rings. The normalized spacial score (nSPS) is 15.5. The van der Waals surface area contributed by atoms with E-state index in [1.165, 1.54) is 12.1 Å². The van der Waals surface area contributed by atoms with E-state index in [1.807, 2.05) is 48.5 Å². The summed E-state index contributed by atoms with van der Waals surface area (Å²) in [6.45, 7) is 2.50. The fourth-order valence-corrected chi connectivity index (χ4v) is 4.20. The van der Waals surface area contributed by atoms with Crippen LogP contribution in [-0.2, 0) is 4.74 Å². The van der Waals surface area contributed by atoms with Crippen LogP contribution in [0, 0.1) is 5.82 Å². The topological polar surface area (TPSA) is 54.7 Å². The molecule has 1 amide bonds. The summed E-state index contributed by atoms with van der Waals surface area (Å²) in [5, 5.41) is 3.88. The Balaban J connectivity index is 1.64. The molecule has 5 nitrogen and oxygen atoms in total. The Morgan fingerprint density at radius 2 is 1.69 bits per heavy atom. The zero-order valence-electron chi connectivity index (χ0n) is 17.5. The van der Waals surface area contributed by atoms with Crippen LogP contribution >= 0.6 is 0 Å². The van der Waals surface area contributed by atoms with Crippen LogP contribution in [0.1, 0.15) is 27.7 Å². The Kier molecular flexibility index (Phi) is 5.71. The highest BCUT2D eigenvalue weighted by Crippen LogP contribution is 2.40. The second kappa shape index (κ2) is 8.94. The monoisotopic (exact) mass is 430 g/mol. The van der Waals surface area contributed by atoms with Crippen molar-refractivity contribution >= 4 is 22.6 Å². The number of fused-ring (bicyclic) bond motifs is 1. The van der Waals surface area contributed by atoms with Gasteiger partial charge in [-0.15, -0.1) is 0 Å². The van der Waals surface area contributed by atoms with Crippen LogP contribution in [-0.4, -0.2) is 37.1 Å². The molecule has 0 saturated carbocycles. The third kappa shape index (κ3) is 4.02. The second-order valence-corrected chi connectivity index (χ2v) is 7.76. The number of amides is 1. The fraction of sp³-hybridized carbons (Fsp3) is 0.192. The van der Waals surface area contributed by atoms with Crippen molar-refractivity contribution in [2.24, 2.45) is 0 Å². The molecule has 1 saturated heterocycles. The minimum absolute atomic E-state index is 0.224. The number of nitrogens with one attached hydrogen (secondary N) is 1. The molecule has 1 N–H and O–H groups in total. The maximum Gasteiger partial charge on any atom is 0.255 e. The number of ether oxygens (including phenoxy) is 1. The molecule has 3 aromatic carbocycles. The molecule has 0 radical (unpaired) electrons. The van der Waals surface area contributed by atoms with E-state index in [1.54, 1.807) is 18.2 Å². The van der Waals surface area contributed by atoms with Gasteiger partial charge in [-0.3, -0.25) is 9.69 Å². The van der Waals surface area contributed by atoms with Gasteiger partial charge < -0.3 is 14.5 Å². The molecule has 1 aliphatic heterocycles. The number of carbonyl (C=O) groups excluding carboxylic acids is 1. The Morgan fingerprint density at radius 1 is 0.938 bits per heavy atom. The van der Waals surface area contributed by atoms with E-state index in [4.69, 9.17) is 9.15 Å². The smallest absolute Gasteiger partial charge is 0.255 e. The number of nitrogens with zero attached hydrogens (tertiary/aromatic N) is 1. The van der Waals surface area contributed by atoms with Crippen LogP contribution in [0.2, 0.25) is 0 Å². The zero-order valence-corrected chi connectivity index (χ0v) is 17.5. The third-order valence-corrected chi connectivity index (χ3v) is 5.72. The average Bonchev–Trinajstić information content (AvgIpc) is 3.18. The summed E-state index contributed by atoms with van der Waals surface area (Å²) >= 11 is 0. The predicted octanol–water partition coefficient (Wildman–Crippen LogP) is 5.25. The number of para-hydroxylation sites is 1. The third-order valence-electron chi connectivity index (χ3n) is 5.72. The van der Waals surface area contributed by atoms with Gasteiger partial charge in [-0.25, -0.2) is 4.39 Å². The Morgan fingerprint density at radius 3 is 2.47 bits per heavy atom. The van der Waals surface area contributed by atoms with Crippen LogP contribution in [0.5, 0.6) is 0 Å². The van der Waals surface area contributed by atoms with Gasteiger partial charge in [-0.1, -0.05) is 42.5 Å². The lowest BCUT2D eigenvalue weighted by molar-refractivity contribution is 0.0205. The lowest BCUT2D eigenvalue weighted by atomic mass is 10.00. The molecule has 0 aliphatic carbocycles. The maximum atomic E-state index is 14.2. The van der Waals surface area contributed by atoms with Gasteiger partial charge in [0.25, 0.3) is 5.91 Å². The highest BCUT2D eigenvalue weighted by molar-refractivity contribution is 6.09. The van der Waals surface area contributed by atoms with Gasteiger partial charge in [0.15, 0.2) is 0 Å². The van der Waals surface area contributed by atoms with Crippen molar-refractivity contribution in [3.05, 3.63) is 102 Å². The van der Waals surface area contributed by atoms with Gasteiger partial charge in [0, 0.05) is 24.0 Å². The number of benzene rings is 3. The van der Waals surface area contributed by atoms with E-state index in [2.05, 4.69) is 10.2 Å². The number of hydrogen-bond acceptors (Lipinski definition) is 4. The van der Waals surface area contributed by atoms with Gasteiger partial charge in [0.2, 0.25) is 0 Å². The maximum absolute atomic E-state index is 14.2. The largest absolute Gasteiger partial charge is 0.457 e. The molecule has 5 rings (SSSR count).